The molecule has 0 unspecified atom stereocenters. The predicted molar refractivity (Wildman–Crippen MR) is 63.9 cm³/mol. The molecule has 0 saturated heterocycles. The Morgan fingerprint density at radius 3 is 2.69 bits per heavy atom. The molecule has 2 rings (SSSR count). The largest absolute Gasteiger partial charge is 0.507 e. The lowest BCUT2D eigenvalue weighted by atomic mass is 9.94. The number of rotatable bonds is 1. The zero-order valence-electron chi connectivity index (χ0n) is 10.0. The van der Waals surface area contributed by atoms with Crippen LogP contribution in [0.3, 0.4) is 0 Å². The summed E-state index contributed by atoms with van der Waals surface area (Å²) in [5, 5.41) is 9.88. The van der Waals surface area contributed by atoms with Gasteiger partial charge < -0.3 is 10.0 Å². The summed E-state index contributed by atoms with van der Waals surface area (Å²) < 4.78 is 0. The molecule has 1 N–H and O–H groups in total. The van der Waals surface area contributed by atoms with Crippen LogP contribution in [0.15, 0.2) is 6.07 Å². The van der Waals surface area contributed by atoms with Crippen LogP contribution in [0.25, 0.3) is 0 Å². The first-order valence-electron chi connectivity index (χ1n) is 5.68. The van der Waals surface area contributed by atoms with Crippen LogP contribution < -0.4 is 4.90 Å². The first kappa shape index (κ1) is 11.0. The summed E-state index contributed by atoms with van der Waals surface area (Å²) in [6, 6.07) is 1.91. The maximum Gasteiger partial charge on any atom is 0.227 e. The Morgan fingerprint density at radius 2 is 2.06 bits per heavy atom. The minimum atomic E-state index is 0.180. The summed E-state index contributed by atoms with van der Waals surface area (Å²) in [5.74, 6) is 0.545. The van der Waals surface area contributed by atoms with Crippen molar-refractivity contribution >= 4 is 11.6 Å². The van der Waals surface area contributed by atoms with Gasteiger partial charge in [0.05, 0.1) is 0 Å². The van der Waals surface area contributed by atoms with E-state index in [1.54, 1.807) is 4.90 Å². The van der Waals surface area contributed by atoms with Crippen LogP contribution in [0.5, 0.6) is 5.75 Å². The van der Waals surface area contributed by atoms with Gasteiger partial charge >= 0.3 is 0 Å². The summed E-state index contributed by atoms with van der Waals surface area (Å²) in [6.07, 6.45) is 1.29. The van der Waals surface area contributed by atoms with Crippen LogP contribution in [0, 0.1) is 13.8 Å². The Morgan fingerprint density at radius 1 is 1.38 bits per heavy atom. The highest BCUT2D eigenvalue weighted by Gasteiger charge is 2.25. The molecule has 0 aromatic heterocycles. The van der Waals surface area contributed by atoms with E-state index in [1.165, 1.54) is 0 Å². The molecule has 0 radical (unpaired) electrons. The molecule has 0 fully saturated rings. The third kappa shape index (κ3) is 1.47. The van der Waals surface area contributed by atoms with E-state index in [9.17, 15) is 9.90 Å². The van der Waals surface area contributed by atoms with E-state index >= 15 is 0 Å². The molecule has 1 heterocycles. The first-order chi connectivity index (χ1) is 7.56. The van der Waals surface area contributed by atoms with Gasteiger partial charge in [0.2, 0.25) is 5.91 Å². The number of aryl methyl sites for hydroxylation is 1. The number of aromatic hydroxyl groups is 1. The van der Waals surface area contributed by atoms with E-state index in [2.05, 4.69) is 0 Å². The summed E-state index contributed by atoms with van der Waals surface area (Å²) in [5.41, 5.74) is 3.85. The zero-order valence-corrected chi connectivity index (χ0v) is 10.0. The molecular formula is C13H17NO2. The quantitative estimate of drug-likeness (QED) is 0.787. The van der Waals surface area contributed by atoms with E-state index in [0.717, 1.165) is 28.8 Å². The summed E-state index contributed by atoms with van der Waals surface area (Å²) >= 11 is 0. The number of benzene rings is 1. The molecule has 3 nitrogen and oxygen atoms in total. The van der Waals surface area contributed by atoms with Crippen LogP contribution in [0.1, 0.15) is 30.0 Å². The molecule has 1 aliphatic heterocycles. The molecule has 3 heteroatoms. The van der Waals surface area contributed by atoms with Crippen molar-refractivity contribution < 1.29 is 9.90 Å². The highest BCUT2D eigenvalue weighted by atomic mass is 16.3. The molecule has 1 aromatic rings. The number of amides is 1. The predicted octanol–water partition coefficient (Wildman–Crippen LogP) is 2.31. The van der Waals surface area contributed by atoms with Crippen molar-refractivity contribution in [3.05, 3.63) is 22.8 Å². The SMILES string of the molecule is CCN1C(=O)CCc2c1cc(C)c(O)c2C. The van der Waals surface area contributed by atoms with Crippen LogP contribution in [0.2, 0.25) is 0 Å². The second-order valence-electron chi connectivity index (χ2n) is 4.30. The fourth-order valence-electron chi connectivity index (χ4n) is 2.40. The van der Waals surface area contributed by atoms with Crippen molar-refractivity contribution in [3.63, 3.8) is 0 Å². The third-order valence-corrected chi connectivity index (χ3v) is 3.34. The lowest BCUT2D eigenvalue weighted by Crippen LogP contribution is -2.35. The first-order valence-corrected chi connectivity index (χ1v) is 5.68. The average molecular weight is 219 g/mol. The van der Waals surface area contributed by atoms with Crippen LogP contribution in [-0.2, 0) is 11.2 Å². The van der Waals surface area contributed by atoms with E-state index < -0.39 is 0 Å². The van der Waals surface area contributed by atoms with Crippen molar-refractivity contribution in [2.24, 2.45) is 0 Å². The van der Waals surface area contributed by atoms with E-state index in [-0.39, 0.29) is 5.91 Å². The molecular weight excluding hydrogens is 202 g/mol. The number of anilines is 1. The van der Waals surface area contributed by atoms with E-state index in [0.29, 0.717) is 18.7 Å². The van der Waals surface area contributed by atoms with Gasteiger partial charge in [0.1, 0.15) is 5.75 Å². The van der Waals surface area contributed by atoms with Crippen molar-refractivity contribution in [2.45, 2.75) is 33.6 Å². The van der Waals surface area contributed by atoms with Crippen LogP contribution in [-0.4, -0.2) is 17.6 Å². The normalized spacial score (nSPS) is 15.2. The third-order valence-electron chi connectivity index (χ3n) is 3.34. The monoisotopic (exact) mass is 219 g/mol. The topological polar surface area (TPSA) is 40.5 Å². The Labute approximate surface area is 95.7 Å². The summed E-state index contributed by atoms with van der Waals surface area (Å²) in [6.45, 7) is 6.46. The fraction of sp³-hybridized carbons (Fsp3) is 0.462. The highest BCUT2D eigenvalue weighted by Crippen LogP contribution is 2.36. The van der Waals surface area contributed by atoms with Gasteiger partial charge in [0.15, 0.2) is 0 Å². The fourth-order valence-corrected chi connectivity index (χ4v) is 2.40. The zero-order chi connectivity index (χ0) is 11.9. The van der Waals surface area contributed by atoms with Gasteiger partial charge in [-0.15, -0.1) is 0 Å². The Hall–Kier alpha value is -1.51. The molecule has 0 aliphatic carbocycles. The van der Waals surface area contributed by atoms with Crippen molar-refractivity contribution in [2.75, 3.05) is 11.4 Å². The minimum absolute atomic E-state index is 0.180. The summed E-state index contributed by atoms with van der Waals surface area (Å²) in [4.78, 5) is 13.6. The van der Waals surface area contributed by atoms with Crippen LogP contribution in [0.4, 0.5) is 5.69 Å². The van der Waals surface area contributed by atoms with Crippen molar-refractivity contribution in [3.8, 4) is 5.75 Å². The number of carbonyl (C=O) groups excluding carboxylic acids is 1. The maximum absolute atomic E-state index is 11.8. The van der Waals surface area contributed by atoms with E-state index in [4.69, 9.17) is 0 Å². The number of phenols is 1. The number of hydrogen-bond acceptors (Lipinski definition) is 2. The van der Waals surface area contributed by atoms with Gasteiger partial charge in [-0.05, 0) is 49.9 Å². The van der Waals surface area contributed by atoms with Gasteiger partial charge in [-0.1, -0.05) is 0 Å². The molecule has 0 saturated carbocycles. The molecule has 1 aromatic carbocycles. The second kappa shape index (κ2) is 3.81. The van der Waals surface area contributed by atoms with Gasteiger partial charge in [0, 0.05) is 18.7 Å². The Bertz CT molecular complexity index is 452. The number of nitrogens with zero attached hydrogens (tertiary/aromatic N) is 1. The second-order valence-corrected chi connectivity index (χ2v) is 4.30. The standard InChI is InChI=1S/C13H17NO2/c1-4-14-11-7-8(2)13(16)9(3)10(11)5-6-12(14)15/h7,16H,4-6H2,1-3H3. The molecule has 86 valence electrons. The smallest absolute Gasteiger partial charge is 0.227 e. The lowest BCUT2D eigenvalue weighted by Gasteiger charge is -2.30. The Balaban J connectivity index is 2.63. The number of hydrogen-bond donors (Lipinski definition) is 1. The average Bonchev–Trinajstić information content (AvgIpc) is 2.26. The Kier molecular flexibility index (Phi) is 2.62. The molecule has 16 heavy (non-hydrogen) atoms. The van der Waals surface area contributed by atoms with Gasteiger partial charge in [-0.2, -0.15) is 0 Å². The highest BCUT2D eigenvalue weighted by molar-refractivity contribution is 5.97. The molecule has 0 bridgehead atoms. The van der Waals surface area contributed by atoms with Gasteiger partial charge in [-0.25, -0.2) is 0 Å². The van der Waals surface area contributed by atoms with Crippen molar-refractivity contribution in [1.82, 2.24) is 0 Å². The van der Waals surface area contributed by atoms with Crippen LogP contribution >= 0.6 is 0 Å². The molecule has 1 amide bonds. The van der Waals surface area contributed by atoms with E-state index in [1.807, 2.05) is 26.8 Å². The molecule has 0 spiro atoms. The van der Waals surface area contributed by atoms with Gasteiger partial charge in [-0.3, -0.25) is 4.79 Å². The lowest BCUT2D eigenvalue weighted by molar-refractivity contribution is -0.118. The number of phenolic OH excluding ortho intramolecular Hbond substituents is 1. The number of fused-ring (bicyclic) bond motifs is 1. The number of carbonyl (C=O) groups is 1. The van der Waals surface area contributed by atoms with Crippen molar-refractivity contribution in [1.29, 1.82) is 0 Å². The molecule has 1 aliphatic rings. The summed E-state index contributed by atoms with van der Waals surface area (Å²) in [7, 11) is 0. The minimum Gasteiger partial charge on any atom is -0.507 e. The van der Waals surface area contributed by atoms with Gasteiger partial charge in [0.25, 0.3) is 0 Å². The maximum atomic E-state index is 11.8. The molecule has 0 atom stereocenters.